The number of ether oxygens (including phenoxy) is 1. The van der Waals surface area contributed by atoms with Crippen molar-refractivity contribution < 1.29 is 13.5 Å². The molecule has 1 aromatic rings. The summed E-state index contributed by atoms with van der Waals surface area (Å²) in [6.07, 6.45) is 1.22. The third kappa shape index (κ3) is 1.18. The molecule has 2 N–H and O–H groups in total. The lowest BCUT2D eigenvalue weighted by Crippen LogP contribution is -2.06. The number of methoxy groups -OCH3 is 1. The van der Waals surface area contributed by atoms with Crippen molar-refractivity contribution in [3.63, 3.8) is 0 Å². The summed E-state index contributed by atoms with van der Waals surface area (Å²) in [6.45, 7) is 0. The molecule has 1 aromatic carbocycles. The number of nitrogens with two attached hydrogens (primary N) is 1. The number of rotatable bonds is 1. The van der Waals surface area contributed by atoms with Gasteiger partial charge in [0.25, 0.3) is 0 Å². The molecule has 14 heavy (non-hydrogen) atoms. The molecule has 0 aliphatic heterocycles. The molecule has 0 saturated heterocycles. The van der Waals surface area contributed by atoms with Gasteiger partial charge in [-0.25, -0.2) is 8.78 Å². The van der Waals surface area contributed by atoms with E-state index in [-0.39, 0.29) is 11.8 Å². The Morgan fingerprint density at radius 3 is 2.86 bits per heavy atom. The molecule has 0 aromatic heterocycles. The molecule has 1 aliphatic carbocycles. The van der Waals surface area contributed by atoms with Gasteiger partial charge in [0.05, 0.1) is 7.11 Å². The summed E-state index contributed by atoms with van der Waals surface area (Å²) in [5.41, 5.74) is 6.77. The predicted octanol–water partition coefficient (Wildman–Crippen LogP) is 1.92. The van der Waals surface area contributed by atoms with Crippen molar-refractivity contribution in [1.29, 1.82) is 0 Å². The van der Waals surface area contributed by atoms with Gasteiger partial charge in [-0.2, -0.15) is 0 Å². The Kier molecular flexibility index (Phi) is 2.15. The summed E-state index contributed by atoms with van der Waals surface area (Å²) in [6, 6.07) is 1.02. The lowest BCUT2D eigenvalue weighted by atomic mass is 10.1. The summed E-state index contributed by atoms with van der Waals surface area (Å²) in [4.78, 5) is 0. The van der Waals surface area contributed by atoms with Crippen molar-refractivity contribution >= 4 is 0 Å². The van der Waals surface area contributed by atoms with Gasteiger partial charge in [0.2, 0.25) is 0 Å². The fraction of sp³-hybridized carbons (Fsp3) is 0.400. The SMILES string of the molecule is COc1c(F)cc2c(c1F)CCC2N. The molecule has 0 saturated carbocycles. The van der Waals surface area contributed by atoms with Crippen LogP contribution in [0.5, 0.6) is 5.75 Å². The molecule has 0 amide bonds. The number of hydrogen-bond donors (Lipinski definition) is 1. The summed E-state index contributed by atoms with van der Waals surface area (Å²) in [5, 5.41) is 0. The maximum absolute atomic E-state index is 13.6. The largest absolute Gasteiger partial charge is 0.491 e. The smallest absolute Gasteiger partial charge is 0.190 e. The van der Waals surface area contributed by atoms with E-state index >= 15 is 0 Å². The summed E-state index contributed by atoms with van der Waals surface area (Å²) in [5.74, 6) is -1.59. The molecule has 0 radical (unpaired) electrons. The molecular weight excluding hydrogens is 188 g/mol. The van der Waals surface area contributed by atoms with Crippen LogP contribution >= 0.6 is 0 Å². The van der Waals surface area contributed by atoms with Crippen LogP contribution in [0.1, 0.15) is 23.6 Å². The van der Waals surface area contributed by atoms with E-state index in [0.717, 1.165) is 0 Å². The monoisotopic (exact) mass is 199 g/mol. The molecule has 0 heterocycles. The van der Waals surface area contributed by atoms with Crippen molar-refractivity contribution in [3.05, 3.63) is 28.8 Å². The molecule has 0 bridgehead atoms. The molecule has 1 atom stereocenters. The minimum absolute atomic E-state index is 0.250. The first-order valence-corrected chi connectivity index (χ1v) is 4.45. The lowest BCUT2D eigenvalue weighted by Gasteiger charge is -2.09. The van der Waals surface area contributed by atoms with E-state index in [1.807, 2.05) is 0 Å². The Balaban J connectivity index is 2.63. The molecule has 0 spiro atoms. The van der Waals surface area contributed by atoms with Crippen LogP contribution in [0.25, 0.3) is 0 Å². The lowest BCUT2D eigenvalue weighted by molar-refractivity contribution is 0.357. The molecule has 4 heteroatoms. The van der Waals surface area contributed by atoms with Crippen LogP contribution in [0.2, 0.25) is 0 Å². The molecule has 2 rings (SSSR count). The van der Waals surface area contributed by atoms with Crippen LogP contribution in [0.3, 0.4) is 0 Å². The first-order valence-electron chi connectivity index (χ1n) is 4.45. The van der Waals surface area contributed by atoms with E-state index in [4.69, 9.17) is 5.73 Å². The van der Waals surface area contributed by atoms with Gasteiger partial charge in [-0.05, 0) is 30.0 Å². The molecule has 1 aliphatic rings. The first-order chi connectivity index (χ1) is 6.65. The average Bonchev–Trinajstić information content (AvgIpc) is 2.49. The fourth-order valence-electron chi connectivity index (χ4n) is 1.89. The third-order valence-corrected chi connectivity index (χ3v) is 2.62. The molecule has 0 fully saturated rings. The third-order valence-electron chi connectivity index (χ3n) is 2.62. The van der Waals surface area contributed by atoms with Crippen molar-refractivity contribution in [2.45, 2.75) is 18.9 Å². The normalized spacial score (nSPS) is 19.6. The minimum Gasteiger partial charge on any atom is -0.491 e. The van der Waals surface area contributed by atoms with Crippen LogP contribution in [0.15, 0.2) is 6.07 Å². The number of fused-ring (bicyclic) bond motifs is 1. The second kappa shape index (κ2) is 3.20. The van der Waals surface area contributed by atoms with Gasteiger partial charge >= 0.3 is 0 Å². The van der Waals surface area contributed by atoms with E-state index in [9.17, 15) is 8.78 Å². The maximum atomic E-state index is 13.6. The van der Waals surface area contributed by atoms with Gasteiger partial charge in [-0.3, -0.25) is 0 Å². The first kappa shape index (κ1) is 9.40. The topological polar surface area (TPSA) is 35.2 Å². The number of hydrogen-bond acceptors (Lipinski definition) is 2. The van der Waals surface area contributed by atoms with Crippen LogP contribution in [-0.2, 0) is 6.42 Å². The summed E-state index contributed by atoms with van der Waals surface area (Å²) in [7, 11) is 1.25. The zero-order chi connectivity index (χ0) is 10.3. The van der Waals surface area contributed by atoms with Gasteiger partial charge in [0.15, 0.2) is 17.4 Å². The second-order valence-electron chi connectivity index (χ2n) is 3.42. The molecular formula is C10H11F2NO. The number of halogens is 2. The Morgan fingerprint density at radius 2 is 2.21 bits per heavy atom. The second-order valence-corrected chi connectivity index (χ2v) is 3.42. The standard InChI is InChI=1S/C10H11F2NO/c1-14-10-7(11)4-6-5(9(10)12)2-3-8(6)13/h4,8H,2-3,13H2,1H3. The van der Waals surface area contributed by atoms with Gasteiger partial charge in [0.1, 0.15) is 0 Å². The minimum atomic E-state index is -0.680. The van der Waals surface area contributed by atoms with Crippen LogP contribution < -0.4 is 10.5 Å². The zero-order valence-corrected chi connectivity index (χ0v) is 7.81. The van der Waals surface area contributed by atoms with Crippen LogP contribution in [0.4, 0.5) is 8.78 Å². The fourth-order valence-corrected chi connectivity index (χ4v) is 1.89. The van der Waals surface area contributed by atoms with Gasteiger partial charge < -0.3 is 10.5 Å². The Labute approximate surface area is 80.7 Å². The van der Waals surface area contributed by atoms with E-state index < -0.39 is 11.6 Å². The Hall–Kier alpha value is -1.16. The molecule has 1 unspecified atom stereocenters. The maximum Gasteiger partial charge on any atom is 0.190 e. The van der Waals surface area contributed by atoms with Gasteiger partial charge in [0, 0.05) is 6.04 Å². The summed E-state index contributed by atoms with van der Waals surface area (Å²) < 4.78 is 31.5. The quantitative estimate of drug-likeness (QED) is 0.749. The molecule has 76 valence electrons. The molecule has 2 nitrogen and oxygen atoms in total. The highest BCUT2D eigenvalue weighted by Gasteiger charge is 2.27. The summed E-state index contributed by atoms with van der Waals surface area (Å²) >= 11 is 0. The van der Waals surface area contributed by atoms with Crippen molar-refractivity contribution in [1.82, 2.24) is 0 Å². The van der Waals surface area contributed by atoms with E-state index in [1.165, 1.54) is 13.2 Å². The highest BCUT2D eigenvalue weighted by atomic mass is 19.1. The zero-order valence-electron chi connectivity index (χ0n) is 7.81. The Morgan fingerprint density at radius 1 is 1.50 bits per heavy atom. The number of benzene rings is 1. The van der Waals surface area contributed by atoms with E-state index in [0.29, 0.717) is 24.0 Å². The van der Waals surface area contributed by atoms with Crippen LogP contribution in [-0.4, -0.2) is 7.11 Å². The highest BCUT2D eigenvalue weighted by Crippen LogP contribution is 2.36. The van der Waals surface area contributed by atoms with E-state index in [1.54, 1.807) is 0 Å². The van der Waals surface area contributed by atoms with Crippen molar-refractivity contribution in [2.75, 3.05) is 7.11 Å². The highest BCUT2D eigenvalue weighted by molar-refractivity contribution is 5.43. The van der Waals surface area contributed by atoms with Crippen molar-refractivity contribution in [2.24, 2.45) is 5.73 Å². The van der Waals surface area contributed by atoms with Crippen LogP contribution in [0, 0.1) is 11.6 Å². The average molecular weight is 199 g/mol. The predicted molar refractivity (Wildman–Crippen MR) is 48.2 cm³/mol. The Bertz CT molecular complexity index is 379. The van der Waals surface area contributed by atoms with Gasteiger partial charge in [-0.15, -0.1) is 0 Å². The van der Waals surface area contributed by atoms with E-state index in [2.05, 4.69) is 4.74 Å². The van der Waals surface area contributed by atoms with Gasteiger partial charge in [-0.1, -0.05) is 0 Å². The van der Waals surface area contributed by atoms with Crippen molar-refractivity contribution in [3.8, 4) is 5.75 Å².